The molecule has 0 spiro atoms. The standard InChI is InChI=1S/C11H12BrNO2/c1-3-4-11(14)13-8-5-6-10(15-2)9(12)7-8/h3-7H,1-2H3,(H,13,14). The normalized spacial score (nSPS) is 10.3. The number of anilines is 1. The molecule has 0 aromatic heterocycles. The predicted octanol–water partition coefficient (Wildman–Crippen LogP) is 2.97. The van der Waals surface area contributed by atoms with Gasteiger partial charge in [0.2, 0.25) is 5.91 Å². The number of carbonyl (C=O) groups is 1. The van der Waals surface area contributed by atoms with Crippen LogP contribution in [0.1, 0.15) is 6.92 Å². The molecule has 1 aromatic rings. The lowest BCUT2D eigenvalue weighted by atomic mass is 10.3. The van der Waals surface area contributed by atoms with Gasteiger partial charge in [-0.3, -0.25) is 4.79 Å². The zero-order chi connectivity index (χ0) is 11.3. The van der Waals surface area contributed by atoms with Crippen LogP contribution in [0.4, 0.5) is 5.69 Å². The lowest BCUT2D eigenvalue weighted by Gasteiger charge is -2.06. The Kier molecular flexibility index (Phi) is 4.37. The predicted molar refractivity (Wildman–Crippen MR) is 64.1 cm³/mol. The molecule has 0 atom stereocenters. The van der Waals surface area contributed by atoms with E-state index < -0.39 is 0 Å². The maximum Gasteiger partial charge on any atom is 0.248 e. The number of benzene rings is 1. The molecule has 80 valence electrons. The number of ether oxygens (including phenoxy) is 1. The third-order valence-electron chi connectivity index (χ3n) is 1.74. The molecule has 1 N–H and O–H groups in total. The number of rotatable bonds is 3. The summed E-state index contributed by atoms with van der Waals surface area (Å²) in [5, 5.41) is 2.72. The summed E-state index contributed by atoms with van der Waals surface area (Å²) >= 11 is 3.34. The summed E-state index contributed by atoms with van der Waals surface area (Å²) in [5.74, 6) is 0.591. The Balaban J connectivity index is 2.79. The molecule has 1 amide bonds. The van der Waals surface area contributed by atoms with Crippen molar-refractivity contribution in [2.75, 3.05) is 12.4 Å². The topological polar surface area (TPSA) is 38.3 Å². The van der Waals surface area contributed by atoms with Crippen LogP contribution < -0.4 is 10.1 Å². The summed E-state index contributed by atoms with van der Waals surface area (Å²) in [6, 6.07) is 5.36. The fourth-order valence-corrected chi connectivity index (χ4v) is 1.62. The van der Waals surface area contributed by atoms with Gasteiger partial charge in [-0.15, -0.1) is 0 Å². The molecule has 15 heavy (non-hydrogen) atoms. The van der Waals surface area contributed by atoms with Crippen molar-refractivity contribution >= 4 is 27.5 Å². The lowest BCUT2D eigenvalue weighted by Crippen LogP contribution is -2.07. The van der Waals surface area contributed by atoms with Crippen molar-refractivity contribution < 1.29 is 9.53 Å². The first-order valence-corrected chi connectivity index (χ1v) is 5.24. The Bertz CT molecular complexity index is 388. The number of hydrogen-bond donors (Lipinski definition) is 1. The first kappa shape index (κ1) is 11.8. The molecule has 0 fully saturated rings. The molecule has 0 unspecified atom stereocenters. The molecule has 0 aliphatic rings. The number of amides is 1. The molecule has 3 nitrogen and oxygen atoms in total. The van der Waals surface area contributed by atoms with Crippen molar-refractivity contribution in [3.8, 4) is 5.75 Å². The monoisotopic (exact) mass is 269 g/mol. The molecule has 1 aromatic carbocycles. The highest BCUT2D eigenvalue weighted by molar-refractivity contribution is 9.10. The number of allylic oxidation sites excluding steroid dienone is 1. The van der Waals surface area contributed by atoms with Gasteiger partial charge in [-0.2, -0.15) is 0 Å². The van der Waals surface area contributed by atoms with E-state index in [9.17, 15) is 4.79 Å². The molecule has 0 aliphatic heterocycles. The number of halogens is 1. The maximum atomic E-state index is 11.2. The SMILES string of the molecule is CC=CC(=O)Nc1ccc(OC)c(Br)c1. The molecule has 0 heterocycles. The maximum absolute atomic E-state index is 11.2. The van der Waals surface area contributed by atoms with Crippen molar-refractivity contribution in [1.29, 1.82) is 0 Å². The molecule has 0 saturated heterocycles. The first-order chi connectivity index (χ1) is 7.17. The fourth-order valence-electron chi connectivity index (χ4n) is 1.08. The quantitative estimate of drug-likeness (QED) is 0.857. The highest BCUT2D eigenvalue weighted by Crippen LogP contribution is 2.27. The number of methoxy groups -OCH3 is 1. The van der Waals surface area contributed by atoms with Crippen LogP contribution in [0.25, 0.3) is 0 Å². The minimum Gasteiger partial charge on any atom is -0.496 e. The fraction of sp³-hybridized carbons (Fsp3) is 0.182. The Morgan fingerprint density at radius 1 is 1.53 bits per heavy atom. The van der Waals surface area contributed by atoms with Gasteiger partial charge in [-0.05, 0) is 47.1 Å². The van der Waals surface area contributed by atoms with Crippen LogP contribution in [-0.4, -0.2) is 13.0 Å². The van der Waals surface area contributed by atoms with E-state index in [0.717, 1.165) is 15.9 Å². The molecule has 0 aliphatic carbocycles. The van der Waals surface area contributed by atoms with Gasteiger partial charge in [0.15, 0.2) is 0 Å². The summed E-state index contributed by atoms with van der Waals surface area (Å²) in [7, 11) is 1.60. The van der Waals surface area contributed by atoms with E-state index in [0.29, 0.717) is 0 Å². The van der Waals surface area contributed by atoms with Gasteiger partial charge in [0.25, 0.3) is 0 Å². The van der Waals surface area contributed by atoms with Crippen molar-refractivity contribution in [1.82, 2.24) is 0 Å². The molecule has 0 bridgehead atoms. The van der Waals surface area contributed by atoms with Crippen molar-refractivity contribution in [3.63, 3.8) is 0 Å². The molecular weight excluding hydrogens is 258 g/mol. The van der Waals surface area contributed by atoms with E-state index in [-0.39, 0.29) is 5.91 Å². The van der Waals surface area contributed by atoms with Crippen LogP contribution in [0.2, 0.25) is 0 Å². The van der Waals surface area contributed by atoms with Crippen LogP contribution >= 0.6 is 15.9 Å². The lowest BCUT2D eigenvalue weighted by molar-refractivity contribution is -0.111. The van der Waals surface area contributed by atoms with Gasteiger partial charge in [-0.1, -0.05) is 6.08 Å². The van der Waals surface area contributed by atoms with E-state index in [4.69, 9.17) is 4.74 Å². The second-order valence-electron chi connectivity index (χ2n) is 2.84. The summed E-state index contributed by atoms with van der Waals surface area (Å²) < 4.78 is 5.89. The van der Waals surface area contributed by atoms with Crippen LogP contribution in [0.3, 0.4) is 0 Å². The van der Waals surface area contributed by atoms with Gasteiger partial charge in [0.1, 0.15) is 5.75 Å². The minimum absolute atomic E-state index is 0.144. The van der Waals surface area contributed by atoms with Crippen molar-refractivity contribution in [2.45, 2.75) is 6.92 Å². The summed E-state index contributed by atoms with van der Waals surface area (Å²) in [6.45, 7) is 1.80. The Morgan fingerprint density at radius 3 is 2.80 bits per heavy atom. The largest absolute Gasteiger partial charge is 0.496 e. The average molecular weight is 270 g/mol. The minimum atomic E-state index is -0.144. The molecule has 1 rings (SSSR count). The highest BCUT2D eigenvalue weighted by Gasteiger charge is 2.02. The van der Waals surface area contributed by atoms with E-state index in [2.05, 4.69) is 21.2 Å². The van der Waals surface area contributed by atoms with Crippen molar-refractivity contribution in [3.05, 3.63) is 34.8 Å². The van der Waals surface area contributed by atoms with Gasteiger partial charge in [-0.25, -0.2) is 0 Å². The van der Waals surface area contributed by atoms with Crippen molar-refractivity contribution in [2.24, 2.45) is 0 Å². The Hall–Kier alpha value is -1.29. The zero-order valence-electron chi connectivity index (χ0n) is 8.58. The average Bonchev–Trinajstić information content (AvgIpc) is 2.18. The third kappa shape index (κ3) is 3.40. The summed E-state index contributed by atoms with van der Waals surface area (Å²) in [4.78, 5) is 11.2. The Labute approximate surface area is 97.3 Å². The third-order valence-corrected chi connectivity index (χ3v) is 2.36. The molecule has 0 saturated carbocycles. The first-order valence-electron chi connectivity index (χ1n) is 4.44. The second kappa shape index (κ2) is 5.56. The second-order valence-corrected chi connectivity index (χ2v) is 3.69. The van der Waals surface area contributed by atoms with E-state index in [1.165, 1.54) is 6.08 Å². The van der Waals surface area contributed by atoms with Gasteiger partial charge >= 0.3 is 0 Å². The van der Waals surface area contributed by atoms with Crippen LogP contribution in [0.15, 0.2) is 34.8 Å². The van der Waals surface area contributed by atoms with Crippen LogP contribution in [0.5, 0.6) is 5.75 Å². The van der Waals surface area contributed by atoms with Crippen LogP contribution in [-0.2, 0) is 4.79 Å². The summed E-state index contributed by atoms with van der Waals surface area (Å²) in [6.07, 6.45) is 3.16. The van der Waals surface area contributed by atoms with Crippen LogP contribution in [0, 0.1) is 0 Å². The molecule has 0 radical (unpaired) electrons. The smallest absolute Gasteiger partial charge is 0.248 e. The molecular formula is C11H12BrNO2. The zero-order valence-corrected chi connectivity index (χ0v) is 10.2. The molecule has 4 heteroatoms. The van der Waals surface area contributed by atoms with Gasteiger partial charge in [0, 0.05) is 5.69 Å². The van der Waals surface area contributed by atoms with Gasteiger partial charge < -0.3 is 10.1 Å². The van der Waals surface area contributed by atoms with E-state index >= 15 is 0 Å². The van der Waals surface area contributed by atoms with Gasteiger partial charge in [0.05, 0.1) is 11.6 Å². The summed E-state index contributed by atoms with van der Waals surface area (Å²) in [5.41, 5.74) is 0.728. The number of hydrogen-bond acceptors (Lipinski definition) is 2. The number of nitrogens with one attached hydrogen (secondary N) is 1. The highest BCUT2D eigenvalue weighted by atomic mass is 79.9. The Morgan fingerprint density at radius 2 is 2.27 bits per heavy atom. The van der Waals surface area contributed by atoms with E-state index in [1.807, 2.05) is 0 Å². The van der Waals surface area contributed by atoms with E-state index in [1.54, 1.807) is 38.3 Å². The number of carbonyl (C=O) groups excluding carboxylic acids is 1.